The maximum absolute atomic E-state index is 12.7. The second kappa shape index (κ2) is 9.94. The van der Waals surface area contributed by atoms with Crippen molar-refractivity contribution in [2.24, 2.45) is 0 Å². The zero-order chi connectivity index (χ0) is 24.2. The molecule has 1 saturated heterocycles. The van der Waals surface area contributed by atoms with Crippen molar-refractivity contribution in [3.8, 4) is 5.75 Å². The largest absolute Gasteiger partial charge is 0.486 e. The number of nitro groups is 1. The quantitative estimate of drug-likeness (QED) is 0.199. The van der Waals surface area contributed by atoms with Crippen molar-refractivity contribution >= 4 is 46.9 Å². The number of benzene rings is 3. The molecular weight excluding hydrogens is 481 g/mol. The Labute approximate surface area is 204 Å². The van der Waals surface area contributed by atoms with Gasteiger partial charge in [0.1, 0.15) is 12.3 Å². The lowest BCUT2D eigenvalue weighted by atomic mass is 10.1. The third-order valence-corrected chi connectivity index (χ3v) is 5.57. The molecule has 1 N–H and O–H groups in total. The molecule has 0 bridgehead atoms. The summed E-state index contributed by atoms with van der Waals surface area (Å²) in [6.07, 6.45) is 1.49. The van der Waals surface area contributed by atoms with E-state index in [2.05, 4.69) is 5.32 Å². The summed E-state index contributed by atoms with van der Waals surface area (Å²) < 4.78 is 5.70. The van der Waals surface area contributed by atoms with Crippen molar-refractivity contribution in [1.29, 1.82) is 0 Å². The Kier molecular flexibility index (Phi) is 6.81. The van der Waals surface area contributed by atoms with E-state index in [4.69, 9.17) is 27.9 Å². The summed E-state index contributed by atoms with van der Waals surface area (Å²) in [6.45, 7) is 0.251. The van der Waals surface area contributed by atoms with Crippen molar-refractivity contribution in [3.63, 3.8) is 0 Å². The van der Waals surface area contributed by atoms with Crippen LogP contribution in [-0.2, 0) is 17.9 Å². The number of non-ortho nitro benzene ring substituents is 1. The van der Waals surface area contributed by atoms with Crippen LogP contribution in [0, 0.1) is 10.1 Å². The van der Waals surface area contributed by atoms with Gasteiger partial charge in [0.05, 0.1) is 21.5 Å². The fraction of sp³-hybridized carbons (Fsp3) is 0.0833. The minimum absolute atomic E-state index is 0.0203. The molecule has 1 fully saturated rings. The van der Waals surface area contributed by atoms with Crippen LogP contribution in [0.15, 0.2) is 72.4 Å². The van der Waals surface area contributed by atoms with Crippen LogP contribution in [-0.4, -0.2) is 21.8 Å². The Morgan fingerprint density at radius 3 is 2.24 bits per heavy atom. The standard InChI is InChI=1S/C24H17Cl2N3O5/c25-19-10-17(11-20(26)22(19)34-14-16-6-8-18(9-7-16)29(32)33)12-21-23(30)28(24(31)27-21)13-15-4-2-1-3-5-15/h1-12H,13-14H2,(H,27,31)/b21-12+. The first-order valence-electron chi connectivity index (χ1n) is 10.1. The number of hydrogen-bond donors (Lipinski definition) is 1. The van der Waals surface area contributed by atoms with Gasteiger partial charge in [-0.05, 0) is 47.0 Å². The first-order valence-corrected chi connectivity index (χ1v) is 10.8. The summed E-state index contributed by atoms with van der Waals surface area (Å²) in [5.41, 5.74) is 2.11. The molecule has 0 radical (unpaired) electrons. The van der Waals surface area contributed by atoms with Gasteiger partial charge >= 0.3 is 6.03 Å². The summed E-state index contributed by atoms with van der Waals surface area (Å²) in [6, 6.07) is 17.7. The van der Waals surface area contributed by atoms with Crippen molar-refractivity contribution in [2.45, 2.75) is 13.2 Å². The molecule has 0 atom stereocenters. The lowest BCUT2D eigenvalue weighted by molar-refractivity contribution is -0.384. The summed E-state index contributed by atoms with van der Waals surface area (Å²) in [7, 11) is 0. The normalized spacial score (nSPS) is 14.4. The highest BCUT2D eigenvalue weighted by atomic mass is 35.5. The first kappa shape index (κ1) is 23.3. The Morgan fingerprint density at radius 1 is 0.971 bits per heavy atom. The van der Waals surface area contributed by atoms with Gasteiger partial charge in [-0.25, -0.2) is 4.79 Å². The van der Waals surface area contributed by atoms with Crippen molar-refractivity contribution in [2.75, 3.05) is 0 Å². The molecule has 1 aliphatic heterocycles. The third kappa shape index (κ3) is 5.19. The average molecular weight is 498 g/mol. The van der Waals surface area contributed by atoms with Crippen molar-refractivity contribution < 1.29 is 19.2 Å². The molecule has 0 aromatic heterocycles. The summed E-state index contributed by atoms with van der Waals surface area (Å²) >= 11 is 12.7. The number of amides is 3. The van der Waals surface area contributed by atoms with E-state index in [9.17, 15) is 19.7 Å². The van der Waals surface area contributed by atoms with Crippen LogP contribution < -0.4 is 10.1 Å². The highest BCUT2D eigenvalue weighted by Crippen LogP contribution is 2.35. The molecule has 0 saturated carbocycles. The fourth-order valence-corrected chi connectivity index (χ4v) is 3.93. The smallest absolute Gasteiger partial charge is 0.329 e. The lowest BCUT2D eigenvalue weighted by Crippen LogP contribution is -2.30. The first-order chi connectivity index (χ1) is 16.3. The Morgan fingerprint density at radius 2 is 1.62 bits per heavy atom. The van der Waals surface area contributed by atoms with E-state index in [0.717, 1.165) is 10.5 Å². The van der Waals surface area contributed by atoms with E-state index in [-0.39, 0.29) is 40.3 Å². The molecule has 3 amide bonds. The monoisotopic (exact) mass is 497 g/mol. The van der Waals surface area contributed by atoms with Crippen LogP contribution in [0.2, 0.25) is 10.0 Å². The number of carbonyl (C=O) groups is 2. The Hall–Kier alpha value is -3.88. The third-order valence-electron chi connectivity index (χ3n) is 5.01. The highest BCUT2D eigenvalue weighted by Gasteiger charge is 2.33. The second-order valence-corrected chi connectivity index (χ2v) is 8.21. The SMILES string of the molecule is O=C1N/C(=C/c2cc(Cl)c(OCc3ccc([N+](=O)[O-])cc3)c(Cl)c2)C(=O)N1Cc1ccccc1. The van der Waals surface area contributed by atoms with Gasteiger partial charge in [-0.2, -0.15) is 0 Å². The van der Waals surface area contributed by atoms with E-state index in [1.165, 1.54) is 18.2 Å². The van der Waals surface area contributed by atoms with Crippen LogP contribution in [0.25, 0.3) is 6.08 Å². The number of urea groups is 1. The van der Waals surface area contributed by atoms with Crippen LogP contribution >= 0.6 is 23.2 Å². The number of hydrogen-bond acceptors (Lipinski definition) is 5. The lowest BCUT2D eigenvalue weighted by Gasteiger charge is -2.12. The molecule has 34 heavy (non-hydrogen) atoms. The van der Waals surface area contributed by atoms with E-state index < -0.39 is 16.9 Å². The zero-order valence-corrected chi connectivity index (χ0v) is 19.0. The van der Waals surface area contributed by atoms with Crippen LogP contribution in [0.5, 0.6) is 5.75 Å². The summed E-state index contributed by atoms with van der Waals surface area (Å²) in [5.74, 6) is -0.226. The fourth-order valence-electron chi connectivity index (χ4n) is 3.32. The van der Waals surface area contributed by atoms with E-state index in [1.807, 2.05) is 30.3 Å². The van der Waals surface area contributed by atoms with Gasteiger partial charge in [-0.3, -0.25) is 19.8 Å². The Balaban J connectivity index is 1.47. The van der Waals surface area contributed by atoms with Gasteiger partial charge in [0.25, 0.3) is 11.6 Å². The topological polar surface area (TPSA) is 102 Å². The van der Waals surface area contributed by atoms with Crippen molar-refractivity contribution in [1.82, 2.24) is 10.2 Å². The second-order valence-electron chi connectivity index (χ2n) is 7.39. The van der Waals surface area contributed by atoms with Crippen LogP contribution in [0.4, 0.5) is 10.5 Å². The van der Waals surface area contributed by atoms with Gasteiger partial charge in [-0.1, -0.05) is 53.5 Å². The highest BCUT2D eigenvalue weighted by molar-refractivity contribution is 6.37. The molecule has 8 nitrogen and oxygen atoms in total. The zero-order valence-electron chi connectivity index (χ0n) is 17.5. The minimum atomic E-state index is -0.514. The Bertz CT molecular complexity index is 1270. The number of nitrogens with zero attached hydrogens (tertiary/aromatic N) is 2. The number of ether oxygens (including phenoxy) is 1. The number of halogens is 2. The van der Waals surface area contributed by atoms with Gasteiger partial charge < -0.3 is 10.1 Å². The number of rotatable bonds is 7. The minimum Gasteiger partial charge on any atom is -0.486 e. The molecule has 10 heteroatoms. The predicted molar refractivity (Wildman–Crippen MR) is 127 cm³/mol. The average Bonchev–Trinajstić information content (AvgIpc) is 3.07. The molecule has 4 rings (SSSR count). The molecule has 3 aromatic rings. The van der Waals surface area contributed by atoms with Gasteiger partial charge in [-0.15, -0.1) is 0 Å². The number of imide groups is 1. The molecule has 1 aliphatic rings. The molecule has 172 valence electrons. The predicted octanol–water partition coefficient (Wildman–Crippen LogP) is 5.57. The van der Waals surface area contributed by atoms with Crippen molar-refractivity contribution in [3.05, 3.63) is 109 Å². The van der Waals surface area contributed by atoms with E-state index in [1.54, 1.807) is 24.3 Å². The number of nitrogens with one attached hydrogen (secondary N) is 1. The maximum atomic E-state index is 12.7. The molecule has 1 heterocycles. The summed E-state index contributed by atoms with van der Waals surface area (Å²) in [4.78, 5) is 36.4. The van der Waals surface area contributed by atoms with Crippen LogP contribution in [0.3, 0.4) is 0 Å². The van der Waals surface area contributed by atoms with Crippen LogP contribution in [0.1, 0.15) is 16.7 Å². The summed E-state index contributed by atoms with van der Waals surface area (Å²) in [5, 5.41) is 13.7. The number of carbonyl (C=O) groups excluding carboxylic acids is 2. The van der Waals surface area contributed by atoms with E-state index in [0.29, 0.717) is 11.1 Å². The molecule has 3 aromatic carbocycles. The molecular formula is C24H17Cl2N3O5. The molecule has 0 spiro atoms. The number of nitro benzene ring substituents is 1. The van der Waals surface area contributed by atoms with Gasteiger partial charge in [0, 0.05) is 12.1 Å². The maximum Gasteiger partial charge on any atom is 0.329 e. The van der Waals surface area contributed by atoms with Gasteiger partial charge in [0.15, 0.2) is 5.75 Å². The van der Waals surface area contributed by atoms with E-state index >= 15 is 0 Å². The van der Waals surface area contributed by atoms with Gasteiger partial charge in [0.2, 0.25) is 0 Å². The molecule has 0 aliphatic carbocycles. The molecule has 0 unspecified atom stereocenters.